The van der Waals surface area contributed by atoms with Gasteiger partial charge in [-0.25, -0.2) is 0 Å². The monoisotopic (exact) mass is 398 g/mol. The lowest BCUT2D eigenvalue weighted by atomic mass is 9.81. The standard InChI is InChI=1S/C24H22N4O2/c25-15-16-4-1-7-20(14-16)27-23(29)18-9-11-19(12-10-18)24(30)28-21-8-2-5-17-6-3-13-26-22(17)21/h1-8,13-14,18-19H,9-12H2,(H,27,29)(H,28,30). The van der Waals surface area contributed by atoms with Crippen LogP contribution < -0.4 is 10.6 Å². The number of anilines is 2. The topological polar surface area (TPSA) is 94.9 Å². The first-order chi connectivity index (χ1) is 14.6. The number of nitrogens with one attached hydrogen (secondary N) is 2. The van der Waals surface area contributed by atoms with E-state index in [-0.39, 0.29) is 23.7 Å². The van der Waals surface area contributed by atoms with Gasteiger partial charge in [0.2, 0.25) is 11.8 Å². The third-order valence-electron chi connectivity index (χ3n) is 5.62. The lowest BCUT2D eigenvalue weighted by molar-refractivity contribution is -0.125. The van der Waals surface area contributed by atoms with E-state index >= 15 is 0 Å². The fourth-order valence-corrected chi connectivity index (χ4v) is 3.97. The zero-order valence-electron chi connectivity index (χ0n) is 16.5. The Morgan fingerprint density at radius 2 is 1.57 bits per heavy atom. The number of aromatic nitrogens is 1. The lowest BCUT2D eigenvalue weighted by Gasteiger charge is -2.27. The van der Waals surface area contributed by atoms with E-state index in [9.17, 15) is 9.59 Å². The molecule has 3 aromatic rings. The Balaban J connectivity index is 1.34. The number of pyridine rings is 1. The number of carbonyl (C=O) groups excluding carboxylic acids is 2. The molecule has 30 heavy (non-hydrogen) atoms. The van der Waals surface area contributed by atoms with Gasteiger partial charge in [-0.1, -0.05) is 24.3 Å². The second kappa shape index (κ2) is 8.75. The van der Waals surface area contributed by atoms with Crippen LogP contribution in [0.15, 0.2) is 60.8 Å². The number of hydrogen-bond donors (Lipinski definition) is 2. The average Bonchev–Trinajstić information content (AvgIpc) is 2.79. The zero-order chi connectivity index (χ0) is 20.9. The molecule has 0 atom stereocenters. The molecule has 0 unspecified atom stereocenters. The molecule has 6 heteroatoms. The third-order valence-corrected chi connectivity index (χ3v) is 5.62. The van der Waals surface area contributed by atoms with Gasteiger partial charge in [0.15, 0.2) is 0 Å². The summed E-state index contributed by atoms with van der Waals surface area (Å²) in [6.45, 7) is 0. The first kappa shape index (κ1) is 19.6. The van der Waals surface area contributed by atoms with Crippen LogP contribution in [-0.4, -0.2) is 16.8 Å². The number of benzene rings is 2. The van der Waals surface area contributed by atoms with E-state index < -0.39 is 0 Å². The van der Waals surface area contributed by atoms with Crippen molar-refractivity contribution in [3.63, 3.8) is 0 Å². The van der Waals surface area contributed by atoms with Crippen molar-refractivity contribution in [1.82, 2.24) is 4.98 Å². The van der Waals surface area contributed by atoms with Crippen molar-refractivity contribution in [2.45, 2.75) is 25.7 Å². The number of nitrogens with zero attached hydrogens (tertiary/aromatic N) is 2. The molecule has 1 aliphatic rings. The molecule has 0 saturated heterocycles. The summed E-state index contributed by atoms with van der Waals surface area (Å²) < 4.78 is 0. The Hall–Kier alpha value is -3.72. The highest BCUT2D eigenvalue weighted by Crippen LogP contribution is 2.31. The molecular formula is C24H22N4O2. The number of nitriles is 1. The summed E-state index contributed by atoms with van der Waals surface area (Å²) in [5.41, 5.74) is 2.63. The minimum atomic E-state index is -0.126. The number of fused-ring (bicyclic) bond motifs is 1. The van der Waals surface area contributed by atoms with Crippen LogP contribution in [0.1, 0.15) is 31.2 Å². The van der Waals surface area contributed by atoms with E-state index in [4.69, 9.17) is 5.26 Å². The molecule has 1 aliphatic carbocycles. The summed E-state index contributed by atoms with van der Waals surface area (Å²) in [5, 5.41) is 15.9. The van der Waals surface area contributed by atoms with Crippen molar-refractivity contribution in [2.75, 3.05) is 10.6 Å². The van der Waals surface area contributed by atoms with E-state index in [2.05, 4.69) is 21.7 Å². The molecule has 150 valence electrons. The van der Waals surface area contributed by atoms with Gasteiger partial charge in [0.05, 0.1) is 22.8 Å². The first-order valence-corrected chi connectivity index (χ1v) is 10.1. The van der Waals surface area contributed by atoms with Gasteiger partial charge in [-0.2, -0.15) is 5.26 Å². The highest BCUT2D eigenvalue weighted by molar-refractivity contribution is 6.01. The Bertz CT molecular complexity index is 1120. The summed E-state index contributed by atoms with van der Waals surface area (Å²) in [6.07, 6.45) is 4.38. The van der Waals surface area contributed by atoms with Gasteiger partial charge in [-0.05, 0) is 56.0 Å². The van der Waals surface area contributed by atoms with Crippen LogP contribution in [0.5, 0.6) is 0 Å². The van der Waals surface area contributed by atoms with Crippen LogP contribution >= 0.6 is 0 Å². The molecule has 4 rings (SSSR count). The van der Waals surface area contributed by atoms with E-state index in [1.807, 2.05) is 30.3 Å². The largest absolute Gasteiger partial charge is 0.326 e. The van der Waals surface area contributed by atoms with Crippen LogP contribution in [0.25, 0.3) is 10.9 Å². The SMILES string of the molecule is N#Cc1cccc(NC(=O)C2CCC(C(=O)Nc3cccc4cccnc34)CC2)c1. The highest BCUT2D eigenvalue weighted by Gasteiger charge is 2.30. The molecule has 0 bridgehead atoms. The fourth-order valence-electron chi connectivity index (χ4n) is 3.97. The van der Waals surface area contributed by atoms with Crippen molar-refractivity contribution in [2.24, 2.45) is 11.8 Å². The number of para-hydroxylation sites is 1. The van der Waals surface area contributed by atoms with E-state index in [0.29, 0.717) is 36.9 Å². The molecule has 2 N–H and O–H groups in total. The van der Waals surface area contributed by atoms with Gasteiger partial charge in [-0.3, -0.25) is 14.6 Å². The van der Waals surface area contributed by atoms with Crippen LogP contribution in [0.4, 0.5) is 11.4 Å². The molecule has 0 radical (unpaired) electrons. The second-order valence-corrected chi connectivity index (χ2v) is 7.60. The van der Waals surface area contributed by atoms with Crippen molar-refractivity contribution >= 4 is 34.1 Å². The van der Waals surface area contributed by atoms with Gasteiger partial charge in [-0.15, -0.1) is 0 Å². The van der Waals surface area contributed by atoms with E-state index in [1.165, 1.54) is 0 Å². The highest BCUT2D eigenvalue weighted by atomic mass is 16.2. The molecule has 1 fully saturated rings. The molecule has 6 nitrogen and oxygen atoms in total. The van der Waals surface area contributed by atoms with Gasteiger partial charge in [0.25, 0.3) is 0 Å². The molecule has 0 aliphatic heterocycles. The number of carbonyl (C=O) groups is 2. The summed E-state index contributed by atoms with van der Waals surface area (Å²) in [6, 6.07) is 18.5. The van der Waals surface area contributed by atoms with Crippen molar-refractivity contribution in [1.29, 1.82) is 5.26 Å². The van der Waals surface area contributed by atoms with E-state index in [0.717, 1.165) is 16.6 Å². The maximum atomic E-state index is 12.8. The summed E-state index contributed by atoms with van der Waals surface area (Å²) in [7, 11) is 0. The molecule has 2 aromatic carbocycles. The minimum absolute atomic E-state index is 0.0197. The van der Waals surface area contributed by atoms with Crippen LogP contribution in [0, 0.1) is 23.2 Å². The van der Waals surface area contributed by atoms with Gasteiger partial charge >= 0.3 is 0 Å². The molecule has 0 spiro atoms. The second-order valence-electron chi connectivity index (χ2n) is 7.60. The predicted molar refractivity (Wildman–Crippen MR) is 116 cm³/mol. The lowest BCUT2D eigenvalue weighted by Crippen LogP contribution is -2.32. The normalized spacial score (nSPS) is 18.4. The van der Waals surface area contributed by atoms with Crippen LogP contribution in [0.2, 0.25) is 0 Å². The van der Waals surface area contributed by atoms with E-state index in [1.54, 1.807) is 30.5 Å². The molecule has 1 aromatic heterocycles. The average molecular weight is 398 g/mol. The van der Waals surface area contributed by atoms with Crippen molar-refractivity contribution < 1.29 is 9.59 Å². The smallest absolute Gasteiger partial charge is 0.227 e. The Morgan fingerprint density at radius 1 is 0.900 bits per heavy atom. The van der Waals surface area contributed by atoms with Gasteiger partial charge < -0.3 is 10.6 Å². The Labute approximate surface area is 174 Å². The number of hydrogen-bond acceptors (Lipinski definition) is 4. The summed E-state index contributed by atoms with van der Waals surface area (Å²) in [5.74, 6) is -0.315. The van der Waals surface area contributed by atoms with Crippen molar-refractivity contribution in [3.8, 4) is 6.07 Å². The molecular weight excluding hydrogens is 376 g/mol. The molecule has 1 saturated carbocycles. The Kier molecular flexibility index (Phi) is 5.71. The summed E-state index contributed by atoms with van der Waals surface area (Å²) >= 11 is 0. The van der Waals surface area contributed by atoms with Gasteiger partial charge in [0, 0.05) is 29.1 Å². The number of rotatable bonds is 4. The predicted octanol–water partition coefficient (Wildman–Crippen LogP) is 4.49. The van der Waals surface area contributed by atoms with Gasteiger partial charge in [0.1, 0.15) is 0 Å². The molecule has 2 amide bonds. The zero-order valence-corrected chi connectivity index (χ0v) is 16.5. The summed E-state index contributed by atoms with van der Waals surface area (Å²) in [4.78, 5) is 29.7. The first-order valence-electron chi connectivity index (χ1n) is 10.1. The van der Waals surface area contributed by atoms with Crippen LogP contribution in [-0.2, 0) is 9.59 Å². The van der Waals surface area contributed by atoms with Crippen molar-refractivity contribution in [3.05, 3.63) is 66.4 Å². The molecule has 1 heterocycles. The minimum Gasteiger partial charge on any atom is -0.326 e. The quantitative estimate of drug-likeness (QED) is 0.677. The maximum Gasteiger partial charge on any atom is 0.227 e. The maximum absolute atomic E-state index is 12.8. The number of amides is 2. The fraction of sp³-hybridized carbons (Fsp3) is 0.250. The Morgan fingerprint density at radius 3 is 2.30 bits per heavy atom. The third kappa shape index (κ3) is 4.31. The van der Waals surface area contributed by atoms with Crippen LogP contribution in [0.3, 0.4) is 0 Å².